The molecular weight excluding hydrogens is 266 g/mol. The number of amides is 1. The minimum absolute atomic E-state index is 0.0140. The van der Waals surface area contributed by atoms with E-state index >= 15 is 0 Å². The van der Waals surface area contributed by atoms with Gasteiger partial charge in [-0.15, -0.1) is 0 Å². The van der Waals surface area contributed by atoms with Gasteiger partial charge in [-0.25, -0.2) is 0 Å². The number of carbonyl (C=O) groups is 1. The highest BCUT2D eigenvalue weighted by Gasteiger charge is 2.29. The molecule has 3 rings (SSSR count). The number of hydrogen-bond donors (Lipinski definition) is 2. The third-order valence-corrected chi connectivity index (χ3v) is 4.22. The van der Waals surface area contributed by atoms with Gasteiger partial charge in [-0.2, -0.15) is 0 Å². The maximum Gasteiger partial charge on any atom is 0.246 e. The molecule has 5 nitrogen and oxygen atoms in total. The molecule has 21 heavy (non-hydrogen) atoms. The summed E-state index contributed by atoms with van der Waals surface area (Å²) in [6, 6.07) is 5.88. The fourth-order valence-electron chi connectivity index (χ4n) is 2.64. The maximum atomic E-state index is 11.8. The fraction of sp³-hybridized carbons (Fsp3) is 0.562. The summed E-state index contributed by atoms with van der Waals surface area (Å²) in [6.07, 6.45) is 2.65. The number of carbonyl (C=O) groups excluding carboxylic acids is 1. The summed E-state index contributed by atoms with van der Waals surface area (Å²) >= 11 is 0. The molecular formula is C16H23N3O2. The van der Waals surface area contributed by atoms with Gasteiger partial charge in [0.1, 0.15) is 6.04 Å². The Morgan fingerprint density at radius 3 is 2.95 bits per heavy atom. The van der Waals surface area contributed by atoms with E-state index in [1.165, 1.54) is 12.8 Å². The minimum Gasteiger partial charge on any atom is -0.379 e. The molecule has 1 aliphatic carbocycles. The molecule has 1 atom stereocenters. The van der Waals surface area contributed by atoms with E-state index in [1.54, 1.807) is 7.05 Å². The van der Waals surface area contributed by atoms with Gasteiger partial charge in [0.05, 0.1) is 6.61 Å². The van der Waals surface area contributed by atoms with Crippen molar-refractivity contribution in [2.75, 3.05) is 44.1 Å². The first-order valence-electron chi connectivity index (χ1n) is 7.60. The van der Waals surface area contributed by atoms with E-state index in [0.717, 1.165) is 42.6 Å². The summed E-state index contributed by atoms with van der Waals surface area (Å²) in [7, 11) is 3.85. The Kier molecular flexibility index (Phi) is 4.12. The third kappa shape index (κ3) is 3.19. The molecule has 0 aromatic heterocycles. The molecule has 2 N–H and O–H groups in total. The first kappa shape index (κ1) is 14.4. The quantitative estimate of drug-likeness (QED) is 0.751. The summed E-state index contributed by atoms with van der Waals surface area (Å²) in [5, 5.41) is 5.96. The molecule has 114 valence electrons. The summed E-state index contributed by atoms with van der Waals surface area (Å²) in [5.41, 5.74) is 3.02. The van der Waals surface area contributed by atoms with Crippen molar-refractivity contribution in [3.63, 3.8) is 0 Å². The van der Waals surface area contributed by atoms with Crippen molar-refractivity contribution in [1.29, 1.82) is 0 Å². The Labute approximate surface area is 125 Å². The monoisotopic (exact) mass is 289 g/mol. The van der Waals surface area contributed by atoms with Crippen LogP contribution in [-0.4, -0.2) is 39.8 Å². The van der Waals surface area contributed by atoms with E-state index in [-0.39, 0.29) is 11.9 Å². The highest BCUT2D eigenvalue weighted by atomic mass is 16.5. The second-order valence-corrected chi connectivity index (χ2v) is 5.92. The largest absolute Gasteiger partial charge is 0.379 e. The van der Waals surface area contributed by atoms with Crippen LogP contribution in [0.3, 0.4) is 0 Å². The Hall–Kier alpha value is -1.59. The van der Waals surface area contributed by atoms with Gasteiger partial charge in [0.25, 0.3) is 0 Å². The van der Waals surface area contributed by atoms with Gasteiger partial charge < -0.3 is 20.3 Å². The van der Waals surface area contributed by atoms with Crippen LogP contribution in [0.25, 0.3) is 0 Å². The van der Waals surface area contributed by atoms with Crippen LogP contribution >= 0.6 is 0 Å². The molecule has 1 saturated carbocycles. The Morgan fingerprint density at radius 2 is 2.24 bits per heavy atom. The molecule has 0 radical (unpaired) electrons. The number of nitrogens with one attached hydrogen (secondary N) is 2. The average Bonchev–Trinajstić information content (AvgIpc) is 3.24. The lowest BCUT2D eigenvalue weighted by atomic mass is 10.1. The van der Waals surface area contributed by atoms with Crippen molar-refractivity contribution >= 4 is 17.3 Å². The minimum atomic E-state index is -0.235. The smallest absolute Gasteiger partial charge is 0.246 e. The van der Waals surface area contributed by atoms with Crippen molar-refractivity contribution in [1.82, 2.24) is 5.32 Å². The standard InChI is InChI=1S/C16H23N3O2/c1-17-15-13-6-5-12(9-14(13)18-16(15)20)19(2)7-8-21-10-11-3-4-11/h5-6,9,11,15,17H,3-4,7-8,10H2,1-2H3,(H,18,20). The van der Waals surface area contributed by atoms with E-state index in [2.05, 4.69) is 28.6 Å². The SMILES string of the molecule is CNC1C(=O)Nc2cc(N(C)CCOCC3CC3)ccc21. The van der Waals surface area contributed by atoms with Gasteiger partial charge >= 0.3 is 0 Å². The summed E-state index contributed by atoms with van der Waals surface area (Å²) in [4.78, 5) is 14.0. The van der Waals surface area contributed by atoms with Crippen LogP contribution in [-0.2, 0) is 9.53 Å². The summed E-state index contributed by atoms with van der Waals surface area (Å²) in [5.74, 6) is 0.823. The van der Waals surface area contributed by atoms with Crippen molar-refractivity contribution in [3.8, 4) is 0 Å². The maximum absolute atomic E-state index is 11.8. The second kappa shape index (κ2) is 6.03. The first-order valence-corrected chi connectivity index (χ1v) is 7.60. The van der Waals surface area contributed by atoms with Crippen LogP contribution in [0.15, 0.2) is 18.2 Å². The fourth-order valence-corrected chi connectivity index (χ4v) is 2.64. The molecule has 1 heterocycles. The normalized spacial score (nSPS) is 20.3. The van der Waals surface area contributed by atoms with Crippen molar-refractivity contribution in [2.24, 2.45) is 5.92 Å². The lowest BCUT2D eigenvalue weighted by Crippen LogP contribution is -2.23. The van der Waals surface area contributed by atoms with Crippen LogP contribution in [0.1, 0.15) is 24.4 Å². The number of rotatable bonds is 7. The number of hydrogen-bond acceptors (Lipinski definition) is 4. The van der Waals surface area contributed by atoms with E-state index in [4.69, 9.17) is 4.74 Å². The first-order chi connectivity index (χ1) is 10.2. The topological polar surface area (TPSA) is 53.6 Å². The molecule has 1 aromatic rings. The van der Waals surface area contributed by atoms with Crippen molar-refractivity contribution in [2.45, 2.75) is 18.9 Å². The van der Waals surface area contributed by atoms with Gasteiger partial charge in [-0.3, -0.25) is 4.79 Å². The number of benzene rings is 1. The molecule has 1 aromatic carbocycles. The molecule has 0 saturated heterocycles. The Bertz CT molecular complexity index is 528. The van der Waals surface area contributed by atoms with E-state index in [0.29, 0.717) is 0 Å². The zero-order valence-electron chi connectivity index (χ0n) is 12.7. The predicted octanol–water partition coefficient (Wildman–Crippen LogP) is 1.76. The molecule has 1 aliphatic heterocycles. The van der Waals surface area contributed by atoms with Gasteiger partial charge in [-0.1, -0.05) is 6.07 Å². The van der Waals surface area contributed by atoms with Gasteiger partial charge in [-0.05, 0) is 37.9 Å². The zero-order valence-corrected chi connectivity index (χ0v) is 12.7. The molecule has 1 fully saturated rings. The van der Waals surface area contributed by atoms with Crippen LogP contribution in [0.2, 0.25) is 0 Å². The molecule has 2 aliphatic rings. The number of anilines is 2. The third-order valence-electron chi connectivity index (χ3n) is 4.22. The number of ether oxygens (including phenoxy) is 1. The van der Waals surface area contributed by atoms with Gasteiger partial charge in [0.2, 0.25) is 5.91 Å². The lowest BCUT2D eigenvalue weighted by Gasteiger charge is -2.20. The lowest BCUT2D eigenvalue weighted by molar-refractivity contribution is -0.117. The van der Waals surface area contributed by atoms with Crippen LogP contribution in [0.4, 0.5) is 11.4 Å². The highest BCUT2D eigenvalue weighted by molar-refractivity contribution is 6.03. The molecule has 0 bridgehead atoms. The van der Waals surface area contributed by atoms with E-state index in [9.17, 15) is 4.79 Å². The van der Waals surface area contributed by atoms with Gasteiger partial charge in [0, 0.05) is 37.1 Å². The van der Waals surface area contributed by atoms with Gasteiger partial charge in [0.15, 0.2) is 0 Å². The molecule has 1 amide bonds. The summed E-state index contributed by atoms with van der Waals surface area (Å²) in [6.45, 7) is 2.50. The van der Waals surface area contributed by atoms with Crippen LogP contribution in [0, 0.1) is 5.92 Å². The van der Waals surface area contributed by atoms with E-state index < -0.39 is 0 Å². The van der Waals surface area contributed by atoms with Crippen molar-refractivity contribution in [3.05, 3.63) is 23.8 Å². The second-order valence-electron chi connectivity index (χ2n) is 5.92. The van der Waals surface area contributed by atoms with Crippen LogP contribution in [0.5, 0.6) is 0 Å². The Balaban J connectivity index is 1.58. The Morgan fingerprint density at radius 1 is 1.43 bits per heavy atom. The molecule has 1 unspecified atom stereocenters. The van der Waals surface area contributed by atoms with Crippen molar-refractivity contribution < 1.29 is 9.53 Å². The predicted molar refractivity (Wildman–Crippen MR) is 83.7 cm³/mol. The molecule has 5 heteroatoms. The highest BCUT2D eigenvalue weighted by Crippen LogP contribution is 2.33. The average molecular weight is 289 g/mol. The summed E-state index contributed by atoms with van der Waals surface area (Å²) < 4.78 is 5.67. The zero-order chi connectivity index (χ0) is 14.8. The van der Waals surface area contributed by atoms with Crippen LogP contribution < -0.4 is 15.5 Å². The number of fused-ring (bicyclic) bond motifs is 1. The molecule has 0 spiro atoms. The number of nitrogens with zero attached hydrogens (tertiary/aromatic N) is 1. The van der Waals surface area contributed by atoms with E-state index in [1.807, 2.05) is 12.1 Å². The number of likely N-dealkylation sites (N-methyl/N-ethyl adjacent to an activating group) is 2.